The number of nitrogens with one attached hydrogen (secondary N) is 1. The molecule has 7 heteroatoms. The maximum Gasteiger partial charge on any atom is 0.339 e. The van der Waals surface area contributed by atoms with Gasteiger partial charge in [-0.3, -0.25) is 9.97 Å². The molecule has 0 fully saturated rings. The smallest absolute Gasteiger partial charge is 0.339 e. The van der Waals surface area contributed by atoms with Gasteiger partial charge in [-0.25, -0.2) is 9.48 Å². The molecule has 7 nitrogen and oxygen atoms in total. The zero-order valence-corrected chi connectivity index (χ0v) is 19.1. The molecule has 2 heterocycles. The van der Waals surface area contributed by atoms with Crippen molar-refractivity contribution in [2.24, 2.45) is 0 Å². The third kappa shape index (κ3) is 3.77. The Bertz CT molecular complexity index is 1520. The summed E-state index contributed by atoms with van der Waals surface area (Å²) in [5, 5.41) is 8.37. The highest BCUT2D eigenvalue weighted by Gasteiger charge is 2.22. The predicted octanol–water partition coefficient (Wildman–Crippen LogP) is 5.63. The SMILES string of the molecule is COC(=O)c1ccccc1Nc1c(-c2ccc3nccnc3c2)c(C)nn1-c1ccccc1C. The second-order valence-electron chi connectivity index (χ2n) is 7.93. The second-order valence-corrected chi connectivity index (χ2v) is 7.93. The van der Waals surface area contributed by atoms with Gasteiger partial charge in [-0.1, -0.05) is 36.4 Å². The van der Waals surface area contributed by atoms with Crippen molar-refractivity contribution < 1.29 is 9.53 Å². The Hall–Kier alpha value is -4.52. The first-order chi connectivity index (χ1) is 16.6. The number of hydrogen-bond acceptors (Lipinski definition) is 6. The van der Waals surface area contributed by atoms with E-state index in [9.17, 15) is 4.79 Å². The van der Waals surface area contributed by atoms with E-state index in [0.29, 0.717) is 11.3 Å². The highest BCUT2D eigenvalue weighted by Crippen LogP contribution is 2.37. The molecule has 0 radical (unpaired) electrons. The van der Waals surface area contributed by atoms with Gasteiger partial charge in [0.2, 0.25) is 0 Å². The Morgan fingerprint density at radius 3 is 2.44 bits per heavy atom. The van der Waals surface area contributed by atoms with Gasteiger partial charge in [0.1, 0.15) is 5.82 Å². The molecule has 0 aliphatic carbocycles. The molecular weight excluding hydrogens is 426 g/mol. The van der Waals surface area contributed by atoms with E-state index < -0.39 is 5.97 Å². The van der Waals surface area contributed by atoms with Gasteiger partial charge >= 0.3 is 5.97 Å². The third-order valence-electron chi connectivity index (χ3n) is 5.75. The van der Waals surface area contributed by atoms with Gasteiger partial charge in [0.15, 0.2) is 0 Å². The van der Waals surface area contributed by atoms with Crippen molar-refractivity contribution in [3.05, 3.63) is 95.9 Å². The number of hydrogen-bond donors (Lipinski definition) is 1. The molecule has 34 heavy (non-hydrogen) atoms. The van der Waals surface area contributed by atoms with Crippen LogP contribution in [0.4, 0.5) is 11.5 Å². The van der Waals surface area contributed by atoms with Crippen molar-refractivity contribution in [1.82, 2.24) is 19.7 Å². The first-order valence-corrected chi connectivity index (χ1v) is 10.9. The Labute approximate surface area is 197 Å². The van der Waals surface area contributed by atoms with Gasteiger partial charge in [0, 0.05) is 18.0 Å². The van der Waals surface area contributed by atoms with Gasteiger partial charge < -0.3 is 10.1 Å². The summed E-state index contributed by atoms with van der Waals surface area (Å²) in [5.74, 6) is 0.329. The fourth-order valence-corrected chi connectivity index (χ4v) is 4.09. The number of nitrogens with zero attached hydrogens (tertiary/aromatic N) is 4. The Balaban J connectivity index is 1.74. The van der Waals surface area contributed by atoms with Crippen LogP contribution in [-0.2, 0) is 4.74 Å². The van der Waals surface area contributed by atoms with Crippen LogP contribution in [0.25, 0.3) is 27.8 Å². The zero-order chi connectivity index (χ0) is 23.7. The van der Waals surface area contributed by atoms with Crippen LogP contribution in [0.2, 0.25) is 0 Å². The second kappa shape index (κ2) is 8.78. The van der Waals surface area contributed by atoms with Crippen LogP contribution in [0.15, 0.2) is 79.1 Å². The van der Waals surface area contributed by atoms with Gasteiger partial charge in [-0.15, -0.1) is 0 Å². The molecule has 0 bridgehead atoms. The Morgan fingerprint density at radius 1 is 0.912 bits per heavy atom. The molecule has 5 rings (SSSR count). The fourth-order valence-electron chi connectivity index (χ4n) is 4.09. The summed E-state index contributed by atoms with van der Waals surface area (Å²) in [7, 11) is 1.38. The van der Waals surface area contributed by atoms with E-state index in [4.69, 9.17) is 9.84 Å². The lowest BCUT2D eigenvalue weighted by Gasteiger charge is -2.16. The quantitative estimate of drug-likeness (QED) is 0.350. The lowest BCUT2D eigenvalue weighted by atomic mass is 10.0. The number of aryl methyl sites for hydroxylation is 2. The highest BCUT2D eigenvalue weighted by atomic mass is 16.5. The molecule has 168 valence electrons. The zero-order valence-electron chi connectivity index (χ0n) is 19.1. The largest absolute Gasteiger partial charge is 0.465 e. The minimum absolute atomic E-state index is 0.413. The molecule has 5 aromatic rings. The lowest BCUT2D eigenvalue weighted by molar-refractivity contribution is 0.0602. The maximum absolute atomic E-state index is 12.4. The number of benzene rings is 3. The minimum Gasteiger partial charge on any atom is -0.465 e. The van der Waals surface area contributed by atoms with E-state index >= 15 is 0 Å². The van der Waals surface area contributed by atoms with Gasteiger partial charge in [0.05, 0.1) is 40.8 Å². The van der Waals surface area contributed by atoms with E-state index in [1.165, 1.54) is 7.11 Å². The van der Waals surface area contributed by atoms with Crippen LogP contribution >= 0.6 is 0 Å². The summed E-state index contributed by atoms with van der Waals surface area (Å²) in [6.07, 6.45) is 3.36. The van der Waals surface area contributed by atoms with Crippen LogP contribution < -0.4 is 5.32 Å². The topological polar surface area (TPSA) is 81.9 Å². The third-order valence-corrected chi connectivity index (χ3v) is 5.75. The van der Waals surface area contributed by atoms with Crippen LogP contribution in [0.1, 0.15) is 21.6 Å². The molecule has 1 N–H and O–H groups in total. The van der Waals surface area contributed by atoms with Crippen molar-refractivity contribution in [1.29, 1.82) is 0 Å². The first kappa shape index (κ1) is 21.3. The number of carbonyl (C=O) groups excluding carboxylic acids is 1. The molecule has 2 aromatic heterocycles. The highest BCUT2D eigenvalue weighted by molar-refractivity contribution is 5.97. The van der Waals surface area contributed by atoms with Crippen molar-refractivity contribution >= 4 is 28.5 Å². The summed E-state index contributed by atoms with van der Waals surface area (Å²) < 4.78 is 6.88. The number of carbonyl (C=O) groups is 1. The number of fused-ring (bicyclic) bond motifs is 1. The summed E-state index contributed by atoms with van der Waals surface area (Å²) in [4.78, 5) is 21.3. The van der Waals surface area contributed by atoms with Crippen LogP contribution in [-0.4, -0.2) is 32.8 Å². The molecule has 0 aliphatic heterocycles. The lowest BCUT2D eigenvalue weighted by Crippen LogP contribution is -2.09. The summed E-state index contributed by atoms with van der Waals surface area (Å²) in [5.41, 5.74) is 7.40. The summed E-state index contributed by atoms with van der Waals surface area (Å²) in [6, 6.07) is 21.3. The molecule has 0 unspecified atom stereocenters. The van der Waals surface area contributed by atoms with Crippen LogP contribution in [0.3, 0.4) is 0 Å². The van der Waals surface area contributed by atoms with Crippen molar-refractivity contribution in [3.8, 4) is 16.8 Å². The van der Waals surface area contributed by atoms with Crippen LogP contribution in [0, 0.1) is 13.8 Å². The number of methoxy groups -OCH3 is 1. The fraction of sp³-hybridized carbons (Fsp3) is 0.111. The number of para-hydroxylation sites is 2. The van der Waals surface area contributed by atoms with E-state index in [0.717, 1.165) is 44.9 Å². The van der Waals surface area contributed by atoms with Gasteiger partial charge in [-0.2, -0.15) is 5.10 Å². The Kier molecular flexibility index (Phi) is 5.51. The molecule has 0 atom stereocenters. The molecule has 0 saturated heterocycles. The normalized spacial score (nSPS) is 10.9. The number of aromatic nitrogens is 4. The van der Waals surface area contributed by atoms with Crippen molar-refractivity contribution in [3.63, 3.8) is 0 Å². The average molecular weight is 450 g/mol. The molecule has 0 spiro atoms. The van der Waals surface area contributed by atoms with E-state index in [-0.39, 0.29) is 0 Å². The number of anilines is 2. The molecule has 0 saturated carbocycles. The first-order valence-electron chi connectivity index (χ1n) is 10.9. The average Bonchev–Trinajstić information content (AvgIpc) is 3.19. The van der Waals surface area contributed by atoms with E-state index in [2.05, 4.69) is 15.3 Å². The van der Waals surface area contributed by atoms with Crippen molar-refractivity contribution in [2.75, 3.05) is 12.4 Å². The minimum atomic E-state index is -0.413. The molecule has 3 aromatic carbocycles. The number of esters is 1. The standard InChI is InChI=1S/C27H23N5O2/c1-17-8-4-7-11-24(17)32-26(30-21-10-6-5-9-20(21)27(33)34-3)25(18(2)31-32)19-12-13-22-23(16-19)29-15-14-28-22/h4-16,30H,1-3H3. The van der Waals surface area contributed by atoms with E-state index in [1.54, 1.807) is 18.5 Å². The summed E-state index contributed by atoms with van der Waals surface area (Å²) >= 11 is 0. The van der Waals surface area contributed by atoms with Gasteiger partial charge in [0.25, 0.3) is 0 Å². The summed E-state index contributed by atoms with van der Waals surface area (Å²) in [6.45, 7) is 4.02. The molecule has 0 aliphatic rings. The Morgan fingerprint density at radius 2 is 1.65 bits per heavy atom. The van der Waals surface area contributed by atoms with Crippen molar-refractivity contribution in [2.45, 2.75) is 13.8 Å². The van der Waals surface area contributed by atoms with Crippen LogP contribution in [0.5, 0.6) is 0 Å². The molecular formula is C27H23N5O2. The predicted molar refractivity (Wildman–Crippen MR) is 133 cm³/mol. The van der Waals surface area contributed by atoms with Gasteiger partial charge in [-0.05, 0) is 55.3 Å². The number of rotatable bonds is 5. The molecule has 0 amide bonds. The van der Waals surface area contributed by atoms with E-state index in [1.807, 2.05) is 79.2 Å². The number of ether oxygens (including phenoxy) is 1. The maximum atomic E-state index is 12.4. The monoisotopic (exact) mass is 449 g/mol.